The van der Waals surface area contributed by atoms with Crippen LogP contribution >= 0.6 is 0 Å². The molecule has 2 heterocycles. The van der Waals surface area contributed by atoms with Crippen LogP contribution in [0.15, 0.2) is 42.5 Å². The maximum absolute atomic E-state index is 13.2. The second-order valence-corrected chi connectivity index (χ2v) is 17.3. The first-order chi connectivity index (χ1) is 16.8. The zero-order valence-corrected chi connectivity index (χ0v) is 24.4. The molecule has 1 aliphatic rings. The molecular weight excluding hydrogens is 466 g/mol. The number of carbonyl (C=O) groups excluding carboxylic acids is 1. The van der Waals surface area contributed by atoms with Crippen molar-refractivity contribution >= 4 is 41.9 Å². The molecule has 2 aromatic carbocycles. The maximum atomic E-state index is 13.2. The molecule has 0 atom stereocenters. The third kappa shape index (κ3) is 5.63. The van der Waals surface area contributed by atoms with Crippen LogP contribution in [0.25, 0.3) is 21.8 Å². The van der Waals surface area contributed by atoms with Crippen molar-refractivity contribution in [3.05, 3.63) is 42.5 Å². The zero-order valence-electron chi connectivity index (χ0n) is 23.4. The summed E-state index contributed by atoms with van der Waals surface area (Å²) >= 11 is 0. The van der Waals surface area contributed by atoms with Crippen LogP contribution in [0.2, 0.25) is 18.1 Å². The average molecular weight is 510 g/mol. The highest BCUT2D eigenvalue weighted by atomic mass is 28.4. The van der Waals surface area contributed by atoms with E-state index in [-0.39, 0.29) is 11.1 Å². The lowest BCUT2D eigenvalue weighted by Gasteiger charge is -2.39. The van der Waals surface area contributed by atoms with Crippen molar-refractivity contribution in [3.8, 4) is 0 Å². The molecule has 6 nitrogen and oxygen atoms in total. The Hall–Kier alpha value is -2.35. The van der Waals surface area contributed by atoms with Crippen LogP contribution in [0.1, 0.15) is 41.5 Å². The number of ether oxygens (including phenoxy) is 1. The third-order valence-corrected chi connectivity index (χ3v) is 12.2. The largest absolute Gasteiger partial charge is 0.443 e. The topological polar surface area (TPSA) is 46.9 Å². The standard InChI is InChI=1S/C29H43N3O3Si/c1-28(2,3)35-27(33)32-25-12-10-9-11-23(25)24-14-13-22(21-26(24)32)31-17-15-30(16-18-31)19-20-34-36(7,8)29(4,5)6/h9-14,21H,15-20H2,1-8H3. The Labute approximate surface area is 217 Å². The zero-order chi connectivity index (χ0) is 26.3. The van der Waals surface area contributed by atoms with Crippen molar-refractivity contribution in [1.82, 2.24) is 9.47 Å². The minimum Gasteiger partial charge on any atom is -0.443 e. The van der Waals surface area contributed by atoms with Gasteiger partial charge in [0, 0.05) is 55.8 Å². The van der Waals surface area contributed by atoms with Gasteiger partial charge in [0.15, 0.2) is 8.32 Å². The van der Waals surface area contributed by atoms with Crippen molar-refractivity contribution in [2.75, 3.05) is 44.2 Å². The van der Waals surface area contributed by atoms with E-state index in [1.165, 1.54) is 0 Å². The Morgan fingerprint density at radius 2 is 1.53 bits per heavy atom. The number of para-hydroxylation sites is 1. The van der Waals surface area contributed by atoms with Gasteiger partial charge in [-0.1, -0.05) is 45.0 Å². The van der Waals surface area contributed by atoms with Crippen molar-refractivity contribution in [2.24, 2.45) is 0 Å². The van der Waals surface area contributed by atoms with Crippen molar-refractivity contribution in [3.63, 3.8) is 0 Å². The summed E-state index contributed by atoms with van der Waals surface area (Å²) < 4.78 is 13.9. The van der Waals surface area contributed by atoms with Crippen LogP contribution in [0.3, 0.4) is 0 Å². The summed E-state index contributed by atoms with van der Waals surface area (Å²) in [7, 11) is -1.70. The first kappa shape index (κ1) is 26.7. The quantitative estimate of drug-likeness (QED) is 0.357. The highest BCUT2D eigenvalue weighted by molar-refractivity contribution is 6.74. The molecule has 3 aromatic rings. The van der Waals surface area contributed by atoms with Gasteiger partial charge in [-0.25, -0.2) is 9.36 Å². The molecule has 0 amide bonds. The van der Waals surface area contributed by atoms with Crippen LogP contribution in [-0.2, 0) is 9.16 Å². The average Bonchev–Trinajstić information content (AvgIpc) is 3.11. The lowest BCUT2D eigenvalue weighted by Crippen LogP contribution is -2.48. The summed E-state index contributed by atoms with van der Waals surface area (Å²) in [5, 5.41) is 2.38. The number of hydrogen-bond donors (Lipinski definition) is 0. The molecule has 4 rings (SSSR count). The van der Waals surface area contributed by atoms with E-state index in [1.807, 2.05) is 39.0 Å². The van der Waals surface area contributed by atoms with Crippen molar-refractivity contribution < 1.29 is 14.0 Å². The Morgan fingerprint density at radius 1 is 0.889 bits per heavy atom. The molecule has 0 bridgehead atoms. The molecule has 1 aromatic heterocycles. The molecule has 1 aliphatic heterocycles. The summed E-state index contributed by atoms with van der Waals surface area (Å²) in [6.07, 6.45) is -0.336. The number of piperazine rings is 1. The van der Waals surface area contributed by atoms with Crippen LogP contribution in [0, 0.1) is 0 Å². The number of benzene rings is 2. The van der Waals surface area contributed by atoms with Gasteiger partial charge in [-0.05, 0) is 57.1 Å². The van der Waals surface area contributed by atoms with E-state index in [2.05, 4.69) is 67.9 Å². The van der Waals surface area contributed by atoms with Gasteiger partial charge in [-0.3, -0.25) is 4.90 Å². The van der Waals surface area contributed by atoms with Crippen LogP contribution in [0.4, 0.5) is 10.5 Å². The SMILES string of the molecule is CC(C)(C)OC(=O)n1c2ccccc2c2ccc(N3CCN(CCO[Si](C)(C)C(C)(C)C)CC3)cc21. The number of hydrogen-bond acceptors (Lipinski definition) is 5. The van der Waals surface area contributed by atoms with Crippen LogP contribution in [0.5, 0.6) is 0 Å². The molecule has 36 heavy (non-hydrogen) atoms. The van der Waals surface area contributed by atoms with Gasteiger partial charge in [-0.15, -0.1) is 0 Å². The molecule has 0 aliphatic carbocycles. The van der Waals surface area contributed by atoms with Gasteiger partial charge in [0.25, 0.3) is 0 Å². The lowest BCUT2D eigenvalue weighted by molar-refractivity contribution is 0.0551. The fourth-order valence-corrected chi connectivity index (χ4v) is 5.57. The second-order valence-electron chi connectivity index (χ2n) is 12.5. The van der Waals surface area contributed by atoms with Gasteiger partial charge in [0.1, 0.15) is 5.60 Å². The minimum atomic E-state index is -1.70. The molecule has 196 valence electrons. The number of nitrogens with zero attached hydrogens (tertiary/aromatic N) is 3. The van der Waals surface area contributed by atoms with Crippen LogP contribution < -0.4 is 4.90 Å². The fraction of sp³-hybridized carbons (Fsp3) is 0.552. The first-order valence-electron chi connectivity index (χ1n) is 13.1. The normalized spacial score (nSPS) is 16.2. The summed E-state index contributed by atoms with van der Waals surface area (Å²) in [4.78, 5) is 18.1. The molecule has 0 spiro atoms. The summed E-state index contributed by atoms with van der Waals surface area (Å²) in [6, 6.07) is 14.5. The second kappa shape index (κ2) is 9.84. The number of aromatic nitrogens is 1. The Balaban J connectivity index is 1.49. The third-order valence-electron chi connectivity index (χ3n) is 7.65. The van der Waals surface area contributed by atoms with Gasteiger partial charge in [0.2, 0.25) is 0 Å². The van der Waals surface area contributed by atoms with E-state index in [0.717, 1.165) is 66.8 Å². The number of carbonyl (C=O) groups is 1. The van der Waals surface area contributed by atoms with E-state index >= 15 is 0 Å². The first-order valence-corrected chi connectivity index (χ1v) is 16.1. The Kier molecular flexibility index (Phi) is 7.30. The van der Waals surface area contributed by atoms with Gasteiger partial charge < -0.3 is 14.1 Å². The molecule has 1 fully saturated rings. The van der Waals surface area contributed by atoms with Gasteiger partial charge >= 0.3 is 6.09 Å². The van der Waals surface area contributed by atoms with E-state index in [4.69, 9.17) is 9.16 Å². The Bertz CT molecular complexity index is 1230. The minimum absolute atomic E-state index is 0.242. The Morgan fingerprint density at radius 3 is 2.17 bits per heavy atom. The molecule has 7 heteroatoms. The summed E-state index contributed by atoms with van der Waals surface area (Å²) in [6.45, 7) is 22.9. The predicted octanol–water partition coefficient (Wildman–Crippen LogP) is 6.72. The van der Waals surface area contributed by atoms with E-state index in [9.17, 15) is 4.79 Å². The van der Waals surface area contributed by atoms with Crippen LogP contribution in [-0.4, -0.2) is 68.8 Å². The number of anilines is 1. The number of rotatable bonds is 5. The van der Waals surface area contributed by atoms with Crippen molar-refractivity contribution in [2.45, 2.75) is 65.3 Å². The molecular formula is C29H43N3O3Si. The summed E-state index contributed by atoms with van der Waals surface area (Å²) in [5.41, 5.74) is 2.36. The van der Waals surface area contributed by atoms with E-state index in [0.29, 0.717) is 0 Å². The highest BCUT2D eigenvalue weighted by Gasteiger charge is 2.37. The molecule has 0 unspecified atom stereocenters. The monoisotopic (exact) mass is 509 g/mol. The predicted molar refractivity (Wildman–Crippen MR) is 153 cm³/mol. The van der Waals surface area contributed by atoms with Crippen molar-refractivity contribution in [1.29, 1.82) is 0 Å². The van der Waals surface area contributed by atoms with E-state index < -0.39 is 13.9 Å². The highest BCUT2D eigenvalue weighted by Crippen LogP contribution is 2.36. The molecule has 1 saturated heterocycles. The molecule has 0 saturated carbocycles. The smallest absolute Gasteiger partial charge is 0.419 e. The molecule has 0 radical (unpaired) electrons. The lowest BCUT2D eigenvalue weighted by atomic mass is 10.1. The maximum Gasteiger partial charge on any atom is 0.419 e. The molecule has 0 N–H and O–H groups in total. The number of fused-ring (bicyclic) bond motifs is 3. The van der Waals surface area contributed by atoms with E-state index in [1.54, 1.807) is 4.57 Å². The summed E-state index contributed by atoms with van der Waals surface area (Å²) in [5.74, 6) is 0. The fourth-order valence-electron chi connectivity index (χ4n) is 4.54. The van der Waals surface area contributed by atoms with Gasteiger partial charge in [-0.2, -0.15) is 0 Å². The van der Waals surface area contributed by atoms with Gasteiger partial charge in [0.05, 0.1) is 11.0 Å².